The zero-order valence-corrected chi connectivity index (χ0v) is 22.7. The molecule has 190 valence electrons. The molecule has 0 saturated carbocycles. The molecule has 0 bridgehead atoms. The van der Waals surface area contributed by atoms with Gasteiger partial charge < -0.3 is 9.30 Å². The third-order valence-corrected chi connectivity index (χ3v) is 9.52. The van der Waals surface area contributed by atoms with E-state index >= 15 is 0 Å². The Balaban J connectivity index is 1.61. The van der Waals surface area contributed by atoms with Crippen LogP contribution in [0.15, 0.2) is 52.5 Å². The predicted molar refractivity (Wildman–Crippen MR) is 143 cm³/mol. The third kappa shape index (κ3) is 6.28. The van der Waals surface area contributed by atoms with Crippen molar-refractivity contribution in [2.24, 2.45) is 5.92 Å². The molecule has 0 spiro atoms. The van der Waals surface area contributed by atoms with Gasteiger partial charge in [0.25, 0.3) is 0 Å². The highest BCUT2D eigenvalue weighted by Gasteiger charge is 2.29. The fourth-order valence-electron chi connectivity index (χ4n) is 4.58. The number of benzene rings is 2. The minimum Gasteiger partial charge on any atom is -0.382 e. The van der Waals surface area contributed by atoms with Gasteiger partial charge in [-0.15, -0.1) is 0 Å². The molecule has 3 aromatic rings. The topological polar surface area (TPSA) is 64.4 Å². The molecule has 1 aromatic heterocycles. The molecule has 8 heteroatoms. The summed E-state index contributed by atoms with van der Waals surface area (Å²) in [5.74, 6) is 1.21. The molecular weight excluding hydrogens is 478 g/mol. The Morgan fingerprint density at radius 1 is 1.11 bits per heavy atom. The Kier molecular flexibility index (Phi) is 8.92. The molecule has 1 aliphatic rings. The monoisotopic (exact) mass is 515 g/mol. The van der Waals surface area contributed by atoms with Crippen LogP contribution >= 0.6 is 11.8 Å². The Hall–Kier alpha value is -1.87. The molecule has 0 unspecified atom stereocenters. The van der Waals surface area contributed by atoms with E-state index in [1.165, 1.54) is 11.1 Å². The van der Waals surface area contributed by atoms with Gasteiger partial charge in [0, 0.05) is 38.6 Å². The fourth-order valence-corrected chi connectivity index (χ4v) is 7.19. The van der Waals surface area contributed by atoms with Gasteiger partial charge in [0.1, 0.15) is 0 Å². The number of thioether (sulfide) groups is 1. The van der Waals surface area contributed by atoms with E-state index in [-0.39, 0.29) is 0 Å². The molecule has 0 N–H and O–H groups in total. The number of hydrogen-bond acceptors (Lipinski definition) is 5. The van der Waals surface area contributed by atoms with E-state index in [2.05, 4.69) is 42.7 Å². The smallest absolute Gasteiger partial charge is 0.243 e. The minimum absolute atomic E-state index is 0.338. The third-order valence-electron chi connectivity index (χ3n) is 6.62. The van der Waals surface area contributed by atoms with Crippen LogP contribution in [0.25, 0.3) is 11.0 Å². The van der Waals surface area contributed by atoms with Crippen molar-refractivity contribution >= 4 is 32.8 Å². The number of ether oxygens (including phenoxy) is 1. The second-order valence-electron chi connectivity index (χ2n) is 9.32. The highest BCUT2D eigenvalue weighted by Crippen LogP contribution is 2.30. The summed E-state index contributed by atoms with van der Waals surface area (Å²) in [6.45, 7) is 9.64. The molecule has 1 fully saturated rings. The summed E-state index contributed by atoms with van der Waals surface area (Å²) < 4.78 is 36.1. The zero-order valence-electron chi connectivity index (χ0n) is 21.1. The first kappa shape index (κ1) is 26.2. The number of aryl methyl sites for hydroxylation is 2. The molecule has 1 aliphatic heterocycles. The quantitative estimate of drug-likeness (QED) is 0.241. The Labute approximate surface area is 214 Å². The van der Waals surface area contributed by atoms with E-state index in [0.717, 1.165) is 54.2 Å². The highest BCUT2D eigenvalue weighted by molar-refractivity contribution is 7.98. The van der Waals surface area contributed by atoms with Crippen molar-refractivity contribution in [1.29, 1.82) is 0 Å². The van der Waals surface area contributed by atoms with Gasteiger partial charge in [-0.25, -0.2) is 13.4 Å². The number of piperidine rings is 1. The molecule has 4 rings (SSSR count). The van der Waals surface area contributed by atoms with Crippen molar-refractivity contribution < 1.29 is 13.2 Å². The lowest BCUT2D eigenvalue weighted by atomic mass is 10.0. The summed E-state index contributed by atoms with van der Waals surface area (Å²) in [5.41, 5.74) is 4.29. The molecule has 1 saturated heterocycles. The lowest BCUT2D eigenvalue weighted by Gasteiger charge is -2.30. The summed E-state index contributed by atoms with van der Waals surface area (Å²) >= 11 is 1.70. The van der Waals surface area contributed by atoms with Gasteiger partial charge in [0.15, 0.2) is 5.16 Å². The molecule has 1 atom stereocenters. The molecule has 0 aliphatic carbocycles. The van der Waals surface area contributed by atoms with E-state index in [0.29, 0.717) is 37.1 Å². The first-order valence-electron chi connectivity index (χ1n) is 12.7. The van der Waals surface area contributed by atoms with E-state index in [9.17, 15) is 8.42 Å². The molecule has 0 radical (unpaired) electrons. The number of imidazole rings is 1. The summed E-state index contributed by atoms with van der Waals surface area (Å²) in [5, 5.41) is 0.914. The number of rotatable bonds is 11. The van der Waals surface area contributed by atoms with Crippen LogP contribution in [0.5, 0.6) is 0 Å². The summed E-state index contributed by atoms with van der Waals surface area (Å²) in [4.78, 5) is 5.23. The maximum absolute atomic E-state index is 13.3. The SMILES string of the molecule is CCOCCCn1c(SCc2ccc(CC)cc2)nc2cc(S(=O)(=O)N3CCC[C@H](C)C3)ccc21. The first-order chi connectivity index (χ1) is 16.9. The Morgan fingerprint density at radius 3 is 2.60 bits per heavy atom. The zero-order chi connectivity index (χ0) is 24.8. The minimum atomic E-state index is -3.52. The highest BCUT2D eigenvalue weighted by atomic mass is 32.2. The van der Waals surface area contributed by atoms with Gasteiger partial charge in [-0.3, -0.25) is 0 Å². The van der Waals surface area contributed by atoms with Crippen molar-refractivity contribution in [3.8, 4) is 0 Å². The van der Waals surface area contributed by atoms with Crippen LogP contribution < -0.4 is 0 Å². The van der Waals surface area contributed by atoms with Crippen LogP contribution in [-0.4, -0.2) is 48.6 Å². The van der Waals surface area contributed by atoms with Gasteiger partial charge in [-0.05, 0) is 67.9 Å². The van der Waals surface area contributed by atoms with Crippen LogP contribution in [0.4, 0.5) is 0 Å². The van der Waals surface area contributed by atoms with Crippen LogP contribution in [0.2, 0.25) is 0 Å². The van der Waals surface area contributed by atoms with E-state index in [1.807, 2.05) is 13.0 Å². The van der Waals surface area contributed by atoms with Crippen molar-refractivity contribution in [1.82, 2.24) is 13.9 Å². The normalized spacial score (nSPS) is 17.3. The largest absolute Gasteiger partial charge is 0.382 e. The maximum atomic E-state index is 13.3. The van der Waals surface area contributed by atoms with Gasteiger partial charge in [-0.2, -0.15) is 4.31 Å². The maximum Gasteiger partial charge on any atom is 0.243 e. The number of hydrogen-bond donors (Lipinski definition) is 0. The lowest BCUT2D eigenvalue weighted by Crippen LogP contribution is -2.39. The van der Waals surface area contributed by atoms with Crippen LogP contribution in [-0.2, 0) is 33.5 Å². The Morgan fingerprint density at radius 2 is 1.89 bits per heavy atom. The number of sulfonamides is 1. The lowest BCUT2D eigenvalue weighted by molar-refractivity contribution is 0.141. The molecule has 35 heavy (non-hydrogen) atoms. The standard InChI is InChI=1S/C27H37N3O3S2/c1-4-22-9-11-23(12-10-22)20-34-27-28-25-18-24(35(31,32)29-15-6-8-21(3)19-29)13-14-26(25)30(27)16-7-17-33-5-2/h9-14,18,21H,4-8,15-17,19-20H2,1-3H3/t21-/m0/s1. The van der Waals surface area contributed by atoms with Crippen LogP contribution in [0, 0.1) is 5.92 Å². The van der Waals surface area contributed by atoms with Crippen LogP contribution in [0.3, 0.4) is 0 Å². The van der Waals surface area contributed by atoms with Crippen molar-refractivity contribution in [3.63, 3.8) is 0 Å². The van der Waals surface area contributed by atoms with Gasteiger partial charge in [-0.1, -0.05) is 49.9 Å². The van der Waals surface area contributed by atoms with Crippen molar-refractivity contribution in [3.05, 3.63) is 53.6 Å². The second kappa shape index (κ2) is 11.9. The molecule has 2 aromatic carbocycles. The van der Waals surface area contributed by atoms with E-state index in [1.54, 1.807) is 28.2 Å². The van der Waals surface area contributed by atoms with Gasteiger partial charge >= 0.3 is 0 Å². The molecular formula is C27H37N3O3S2. The van der Waals surface area contributed by atoms with Crippen LogP contribution in [0.1, 0.15) is 51.2 Å². The molecule has 0 amide bonds. The van der Waals surface area contributed by atoms with Crippen molar-refractivity contribution in [2.75, 3.05) is 26.3 Å². The van der Waals surface area contributed by atoms with Crippen molar-refractivity contribution in [2.45, 2.75) is 68.8 Å². The molecule has 2 heterocycles. The second-order valence-corrected chi connectivity index (χ2v) is 12.2. The number of aromatic nitrogens is 2. The summed E-state index contributed by atoms with van der Waals surface area (Å²) in [7, 11) is -3.52. The van der Waals surface area contributed by atoms with Gasteiger partial charge in [0.05, 0.1) is 15.9 Å². The van der Waals surface area contributed by atoms with E-state index < -0.39 is 10.0 Å². The van der Waals surface area contributed by atoms with Gasteiger partial charge in [0.2, 0.25) is 10.0 Å². The fraction of sp³-hybridized carbons (Fsp3) is 0.519. The summed E-state index contributed by atoms with van der Waals surface area (Å²) in [6, 6.07) is 14.1. The molecule has 6 nitrogen and oxygen atoms in total. The Bertz CT molecular complexity index is 1220. The number of fused-ring (bicyclic) bond motifs is 1. The average molecular weight is 516 g/mol. The average Bonchev–Trinajstić information content (AvgIpc) is 3.22. The summed E-state index contributed by atoms with van der Waals surface area (Å²) in [6.07, 6.45) is 3.91. The first-order valence-corrected chi connectivity index (χ1v) is 15.1. The predicted octanol–water partition coefficient (Wildman–Crippen LogP) is 5.74. The number of nitrogens with zero attached hydrogens (tertiary/aromatic N) is 3. The van der Waals surface area contributed by atoms with E-state index in [4.69, 9.17) is 9.72 Å².